The average Bonchev–Trinajstić information content (AvgIpc) is 2.13. The van der Waals surface area contributed by atoms with E-state index in [0.29, 0.717) is 5.56 Å². The predicted molar refractivity (Wildman–Crippen MR) is 60.0 cm³/mol. The molecule has 0 saturated carbocycles. The molecule has 0 spiro atoms. The maximum absolute atomic E-state index is 13.6. The van der Waals surface area contributed by atoms with Crippen molar-refractivity contribution in [3.05, 3.63) is 28.5 Å². The van der Waals surface area contributed by atoms with Crippen molar-refractivity contribution in [2.45, 2.75) is 17.7 Å². The molecule has 0 fully saturated rings. The van der Waals surface area contributed by atoms with Crippen molar-refractivity contribution < 1.29 is 17.9 Å². The Morgan fingerprint density at radius 3 is 2.44 bits per heavy atom. The summed E-state index contributed by atoms with van der Waals surface area (Å²) in [5.74, 6) is -1.18. The molecule has 1 atom stereocenters. The van der Waals surface area contributed by atoms with Gasteiger partial charge in [0.15, 0.2) is 9.84 Å². The van der Waals surface area contributed by atoms with Gasteiger partial charge < -0.3 is 5.11 Å². The minimum atomic E-state index is -3.68. The lowest BCUT2D eigenvalue weighted by atomic mass is 10.0. The van der Waals surface area contributed by atoms with Crippen molar-refractivity contribution in [3.8, 4) is 0 Å². The molecule has 0 aliphatic heterocycles. The molecule has 0 aromatic heterocycles. The van der Waals surface area contributed by atoms with Gasteiger partial charge in [0.2, 0.25) is 0 Å². The van der Waals surface area contributed by atoms with E-state index in [1.807, 2.05) is 0 Å². The molecule has 0 aliphatic rings. The average molecular weight is 267 g/mol. The summed E-state index contributed by atoms with van der Waals surface area (Å²) in [6, 6.07) is 2.45. The first-order chi connectivity index (χ1) is 7.27. The SMILES string of the molecule is CC(CO)c1cc(F)c(S(C)(=O)=O)c(Cl)c1. The predicted octanol–water partition coefficient (Wildman–Crippen LogP) is 1.98. The topological polar surface area (TPSA) is 54.4 Å². The van der Waals surface area contributed by atoms with E-state index in [9.17, 15) is 12.8 Å². The molecule has 16 heavy (non-hydrogen) atoms. The second-order valence-electron chi connectivity index (χ2n) is 3.67. The van der Waals surface area contributed by atoms with E-state index in [1.165, 1.54) is 6.07 Å². The third-order valence-electron chi connectivity index (χ3n) is 2.23. The minimum Gasteiger partial charge on any atom is -0.396 e. The van der Waals surface area contributed by atoms with Crippen LogP contribution in [0.15, 0.2) is 17.0 Å². The molecule has 0 aliphatic carbocycles. The van der Waals surface area contributed by atoms with Gasteiger partial charge in [-0.1, -0.05) is 18.5 Å². The Morgan fingerprint density at radius 1 is 1.50 bits per heavy atom. The first kappa shape index (κ1) is 13.4. The van der Waals surface area contributed by atoms with Crippen LogP contribution < -0.4 is 0 Å². The van der Waals surface area contributed by atoms with Crippen molar-refractivity contribution in [1.29, 1.82) is 0 Å². The Hall–Kier alpha value is -0.650. The fourth-order valence-electron chi connectivity index (χ4n) is 1.32. The van der Waals surface area contributed by atoms with Crippen molar-refractivity contribution >= 4 is 21.4 Å². The van der Waals surface area contributed by atoms with Gasteiger partial charge in [-0.15, -0.1) is 0 Å². The monoisotopic (exact) mass is 266 g/mol. The Labute approximate surface area is 98.8 Å². The molecule has 0 heterocycles. The van der Waals surface area contributed by atoms with E-state index < -0.39 is 20.5 Å². The molecule has 0 amide bonds. The molecule has 0 saturated heterocycles. The number of hydrogen-bond donors (Lipinski definition) is 1. The summed E-state index contributed by atoms with van der Waals surface area (Å²) < 4.78 is 36.1. The van der Waals surface area contributed by atoms with Gasteiger partial charge in [-0.3, -0.25) is 0 Å². The number of sulfone groups is 1. The molecule has 0 radical (unpaired) electrons. The van der Waals surface area contributed by atoms with E-state index in [0.717, 1.165) is 12.3 Å². The lowest BCUT2D eigenvalue weighted by molar-refractivity contribution is 0.273. The maximum atomic E-state index is 13.6. The number of aliphatic hydroxyl groups excluding tert-OH is 1. The zero-order valence-electron chi connectivity index (χ0n) is 8.87. The molecule has 6 heteroatoms. The fourth-order valence-corrected chi connectivity index (χ4v) is 2.79. The summed E-state index contributed by atoms with van der Waals surface area (Å²) in [6.45, 7) is 1.53. The smallest absolute Gasteiger partial charge is 0.179 e. The number of halogens is 2. The lowest BCUT2D eigenvalue weighted by Gasteiger charge is -2.11. The van der Waals surface area contributed by atoms with Crippen LogP contribution in [0, 0.1) is 5.82 Å². The molecule has 1 aromatic rings. The Balaban J connectivity index is 3.40. The zero-order valence-corrected chi connectivity index (χ0v) is 10.4. The second kappa shape index (κ2) is 4.69. The molecule has 1 unspecified atom stereocenters. The van der Waals surface area contributed by atoms with Crippen molar-refractivity contribution in [2.75, 3.05) is 12.9 Å². The van der Waals surface area contributed by atoms with Crippen molar-refractivity contribution in [1.82, 2.24) is 0 Å². The van der Waals surface area contributed by atoms with Crippen LogP contribution in [0.25, 0.3) is 0 Å². The van der Waals surface area contributed by atoms with Crippen LogP contribution in [0.3, 0.4) is 0 Å². The van der Waals surface area contributed by atoms with Crippen LogP contribution in [-0.4, -0.2) is 26.4 Å². The molecule has 1 aromatic carbocycles. The van der Waals surface area contributed by atoms with Gasteiger partial charge in [-0.05, 0) is 17.7 Å². The summed E-state index contributed by atoms with van der Waals surface area (Å²) in [5.41, 5.74) is 0.470. The van der Waals surface area contributed by atoms with E-state index >= 15 is 0 Å². The fraction of sp³-hybridized carbons (Fsp3) is 0.400. The first-order valence-corrected chi connectivity index (χ1v) is 6.84. The molecule has 1 N–H and O–H groups in total. The van der Waals surface area contributed by atoms with E-state index in [-0.39, 0.29) is 17.5 Å². The van der Waals surface area contributed by atoms with Crippen molar-refractivity contribution in [3.63, 3.8) is 0 Å². The Bertz CT molecular complexity index is 476. The summed E-state index contributed by atoms with van der Waals surface area (Å²) in [5, 5.41) is 8.76. The number of aliphatic hydroxyl groups is 1. The number of benzene rings is 1. The van der Waals surface area contributed by atoms with Gasteiger partial charge >= 0.3 is 0 Å². The van der Waals surface area contributed by atoms with Gasteiger partial charge in [-0.25, -0.2) is 12.8 Å². The Morgan fingerprint density at radius 2 is 2.06 bits per heavy atom. The number of rotatable bonds is 3. The largest absolute Gasteiger partial charge is 0.396 e. The highest BCUT2D eigenvalue weighted by Gasteiger charge is 2.20. The molecule has 90 valence electrons. The summed E-state index contributed by atoms with van der Waals surface area (Å²) in [6.07, 6.45) is 0.895. The van der Waals surface area contributed by atoms with Crippen LogP contribution in [0.4, 0.5) is 4.39 Å². The zero-order chi connectivity index (χ0) is 12.5. The highest BCUT2D eigenvalue weighted by Crippen LogP contribution is 2.29. The summed E-state index contributed by atoms with van der Waals surface area (Å²) in [4.78, 5) is -0.497. The molecule has 1 rings (SSSR count). The highest BCUT2D eigenvalue weighted by molar-refractivity contribution is 7.90. The summed E-state index contributed by atoms with van der Waals surface area (Å²) >= 11 is 5.72. The van der Waals surface area contributed by atoms with Crippen LogP contribution in [0.2, 0.25) is 5.02 Å². The van der Waals surface area contributed by atoms with Gasteiger partial charge in [-0.2, -0.15) is 0 Å². The van der Waals surface area contributed by atoms with E-state index in [1.54, 1.807) is 6.92 Å². The maximum Gasteiger partial charge on any atom is 0.179 e. The summed E-state index contributed by atoms with van der Waals surface area (Å²) in [7, 11) is -3.68. The third-order valence-corrected chi connectivity index (χ3v) is 3.80. The lowest BCUT2D eigenvalue weighted by Crippen LogP contribution is -2.05. The second-order valence-corrected chi connectivity index (χ2v) is 6.03. The standard InChI is InChI=1S/C10H12ClFO3S/c1-6(5-13)7-3-8(11)10(9(12)4-7)16(2,14)15/h3-4,6,13H,5H2,1-2H3. The van der Waals surface area contributed by atoms with E-state index in [4.69, 9.17) is 16.7 Å². The molecular formula is C10H12ClFO3S. The molecule has 0 bridgehead atoms. The van der Waals surface area contributed by atoms with Gasteiger partial charge in [0.25, 0.3) is 0 Å². The first-order valence-electron chi connectivity index (χ1n) is 4.57. The van der Waals surface area contributed by atoms with Crippen LogP contribution >= 0.6 is 11.6 Å². The molecule has 3 nitrogen and oxygen atoms in total. The van der Waals surface area contributed by atoms with Gasteiger partial charge in [0, 0.05) is 18.8 Å². The molecular weight excluding hydrogens is 255 g/mol. The van der Waals surface area contributed by atoms with E-state index in [2.05, 4.69) is 0 Å². The van der Waals surface area contributed by atoms with Crippen LogP contribution in [-0.2, 0) is 9.84 Å². The quantitative estimate of drug-likeness (QED) is 0.910. The minimum absolute atomic E-state index is 0.155. The van der Waals surface area contributed by atoms with Gasteiger partial charge in [0.05, 0.1) is 5.02 Å². The van der Waals surface area contributed by atoms with Crippen LogP contribution in [0.5, 0.6) is 0 Å². The van der Waals surface area contributed by atoms with Crippen LogP contribution in [0.1, 0.15) is 18.4 Å². The normalized spacial score (nSPS) is 13.8. The highest BCUT2D eigenvalue weighted by atomic mass is 35.5. The van der Waals surface area contributed by atoms with Gasteiger partial charge in [0.1, 0.15) is 10.7 Å². The number of hydrogen-bond acceptors (Lipinski definition) is 3. The third kappa shape index (κ3) is 2.72. The Kier molecular flexibility index (Phi) is 3.93. The van der Waals surface area contributed by atoms with Crippen molar-refractivity contribution in [2.24, 2.45) is 0 Å².